The van der Waals surface area contributed by atoms with Gasteiger partial charge in [0.1, 0.15) is 5.75 Å². The lowest BCUT2D eigenvalue weighted by Crippen LogP contribution is -2.25. The van der Waals surface area contributed by atoms with Crippen LogP contribution in [0.3, 0.4) is 0 Å². The van der Waals surface area contributed by atoms with Crippen LogP contribution >= 0.6 is 11.8 Å². The third kappa shape index (κ3) is 5.43. The zero-order chi connectivity index (χ0) is 14.1. The quantitative estimate of drug-likeness (QED) is 0.705. The highest BCUT2D eigenvalue weighted by atomic mass is 32.2. The minimum absolute atomic E-state index is 0.360. The average Bonchev–Trinajstić information content (AvgIpc) is 2.45. The predicted octanol–water partition coefficient (Wildman–Crippen LogP) is 3.11. The maximum absolute atomic E-state index is 5.20. The second-order valence-corrected chi connectivity index (χ2v) is 5.95. The topological polar surface area (TPSA) is 30.5 Å². The van der Waals surface area contributed by atoms with Crippen molar-refractivity contribution in [2.24, 2.45) is 0 Å². The summed E-state index contributed by atoms with van der Waals surface area (Å²) in [5.41, 5.74) is 1.30. The van der Waals surface area contributed by atoms with Gasteiger partial charge in [0.25, 0.3) is 0 Å². The summed E-state index contributed by atoms with van der Waals surface area (Å²) in [5.74, 6) is 2.03. The zero-order valence-electron chi connectivity index (χ0n) is 12.3. The average molecular weight is 283 g/mol. The van der Waals surface area contributed by atoms with Crippen LogP contribution in [-0.4, -0.2) is 38.9 Å². The van der Waals surface area contributed by atoms with E-state index in [2.05, 4.69) is 24.4 Å². The van der Waals surface area contributed by atoms with E-state index in [1.807, 2.05) is 30.9 Å². The molecular formula is C15H25NO2S. The van der Waals surface area contributed by atoms with Crippen LogP contribution in [0.25, 0.3) is 0 Å². The van der Waals surface area contributed by atoms with E-state index in [0.29, 0.717) is 11.3 Å². The molecule has 1 aromatic rings. The molecule has 108 valence electrons. The van der Waals surface area contributed by atoms with E-state index in [1.54, 1.807) is 14.2 Å². The number of nitrogens with one attached hydrogen (secondary N) is 1. The lowest BCUT2D eigenvalue weighted by molar-refractivity contribution is 0.200. The number of rotatable bonds is 9. The van der Waals surface area contributed by atoms with Gasteiger partial charge in [0.05, 0.1) is 7.11 Å². The molecule has 0 amide bonds. The molecule has 0 saturated heterocycles. The molecule has 0 radical (unpaired) electrons. The van der Waals surface area contributed by atoms with E-state index >= 15 is 0 Å². The number of benzene rings is 1. The van der Waals surface area contributed by atoms with Crippen molar-refractivity contribution in [2.75, 3.05) is 33.6 Å². The summed E-state index contributed by atoms with van der Waals surface area (Å²) in [6.07, 6.45) is 1.10. The molecule has 0 heterocycles. The smallest absolute Gasteiger partial charge is 0.118 e. The first-order valence-corrected chi connectivity index (χ1v) is 7.69. The fourth-order valence-electron chi connectivity index (χ4n) is 2.05. The fourth-order valence-corrected chi connectivity index (χ4v) is 3.19. The summed E-state index contributed by atoms with van der Waals surface area (Å²) < 4.78 is 10.3. The van der Waals surface area contributed by atoms with E-state index in [0.717, 1.165) is 24.5 Å². The van der Waals surface area contributed by atoms with Crippen LogP contribution in [0.4, 0.5) is 0 Å². The van der Waals surface area contributed by atoms with Crippen molar-refractivity contribution in [3.05, 3.63) is 29.8 Å². The van der Waals surface area contributed by atoms with Gasteiger partial charge in [-0.25, -0.2) is 0 Å². The highest BCUT2D eigenvalue weighted by molar-refractivity contribution is 7.99. The maximum atomic E-state index is 5.20. The number of thioether (sulfide) groups is 1. The minimum Gasteiger partial charge on any atom is -0.497 e. The summed E-state index contributed by atoms with van der Waals surface area (Å²) in [4.78, 5) is 0. The Balaban J connectivity index is 2.54. The van der Waals surface area contributed by atoms with E-state index in [4.69, 9.17) is 9.47 Å². The van der Waals surface area contributed by atoms with Crippen molar-refractivity contribution in [2.45, 2.75) is 24.6 Å². The van der Waals surface area contributed by atoms with Crippen LogP contribution < -0.4 is 10.1 Å². The molecule has 0 aliphatic heterocycles. The summed E-state index contributed by atoms with van der Waals surface area (Å²) in [5, 5.41) is 3.93. The molecule has 0 fully saturated rings. The van der Waals surface area contributed by atoms with Gasteiger partial charge in [-0.3, -0.25) is 0 Å². The lowest BCUT2D eigenvalue weighted by Gasteiger charge is -2.24. The monoisotopic (exact) mass is 283 g/mol. The van der Waals surface area contributed by atoms with Gasteiger partial charge in [-0.15, -0.1) is 0 Å². The number of hydrogen-bond acceptors (Lipinski definition) is 4. The van der Waals surface area contributed by atoms with Gasteiger partial charge in [0.15, 0.2) is 0 Å². The van der Waals surface area contributed by atoms with Crippen molar-refractivity contribution in [1.29, 1.82) is 0 Å². The lowest BCUT2D eigenvalue weighted by atomic mass is 10.0. The van der Waals surface area contributed by atoms with E-state index in [-0.39, 0.29) is 0 Å². The Hall–Kier alpha value is -0.710. The van der Waals surface area contributed by atoms with Crippen LogP contribution in [0.1, 0.15) is 24.9 Å². The molecule has 0 saturated carbocycles. The van der Waals surface area contributed by atoms with Crippen molar-refractivity contribution >= 4 is 11.8 Å². The normalized spacial score (nSPS) is 14.1. The van der Waals surface area contributed by atoms with Gasteiger partial charge in [-0.1, -0.05) is 19.1 Å². The molecule has 1 aromatic carbocycles. The van der Waals surface area contributed by atoms with Gasteiger partial charge in [-0.2, -0.15) is 11.8 Å². The Morgan fingerprint density at radius 1 is 1.21 bits per heavy atom. The maximum Gasteiger partial charge on any atom is 0.118 e. The van der Waals surface area contributed by atoms with E-state index < -0.39 is 0 Å². The summed E-state index contributed by atoms with van der Waals surface area (Å²) >= 11 is 1.98. The number of ether oxygens (including phenoxy) is 2. The molecule has 1 N–H and O–H groups in total. The molecule has 0 aromatic heterocycles. The second-order valence-electron chi connectivity index (χ2n) is 4.46. The first-order chi connectivity index (χ1) is 9.22. The Morgan fingerprint density at radius 3 is 2.42 bits per heavy atom. The minimum atomic E-state index is 0.360. The van der Waals surface area contributed by atoms with Crippen molar-refractivity contribution < 1.29 is 9.47 Å². The first-order valence-electron chi connectivity index (χ1n) is 6.64. The van der Waals surface area contributed by atoms with Crippen molar-refractivity contribution in [1.82, 2.24) is 5.32 Å². The molecule has 19 heavy (non-hydrogen) atoms. The van der Waals surface area contributed by atoms with Crippen LogP contribution in [0.2, 0.25) is 0 Å². The molecule has 0 spiro atoms. The molecule has 0 aliphatic carbocycles. The van der Waals surface area contributed by atoms with Gasteiger partial charge in [0, 0.05) is 25.0 Å². The fraction of sp³-hybridized carbons (Fsp3) is 0.600. The summed E-state index contributed by atoms with van der Waals surface area (Å²) in [6, 6.07) is 8.65. The highest BCUT2D eigenvalue weighted by Gasteiger charge is 2.17. The SMILES string of the molecule is CNC(c1ccc(OC)cc1)C(C)SCCCOC. The third-order valence-electron chi connectivity index (χ3n) is 3.13. The molecule has 0 aliphatic rings. The molecular weight excluding hydrogens is 258 g/mol. The summed E-state index contributed by atoms with van der Waals surface area (Å²) in [6.45, 7) is 3.11. The highest BCUT2D eigenvalue weighted by Crippen LogP contribution is 2.27. The van der Waals surface area contributed by atoms with E-state index in [9.17, 15) is 0 Å². The predicted molar refractivity (Wildman–Crippen MR) is 83.2 cm³/mol. The molecule has 1 rings (SSSR count). The van der Waals surface area contributed by atoms with Gasteiger partial charge in [0.2, 0.25) is 0 Å². The van der Waals surface area contributed by atoms with Crippen LogP contribution in [-0.2, 0) is 4.74 Å². The Kier molecular flexibility index (Phi) is 7.94. The van der Waals surface area contributed by atoms with Crippen LogP contribution in [0, 0.1) is 0 Å². The van der Waals surface area contributed by atoms with Crippen LogP contribution in [0.15, 0.2) is 24.3 Å². The van der Waals surface area contributed by atoms with Crippen molar-refractivity contribution in [3.63, 3.8) is 0 Å². The van der Waals surface area contributed by atoms with Crippen LogP contribution in [0.5, 0.6) is 5.75 Å². The number of methoxy groups -OCH3 is 2. The standard InChI is InChI=1S/C15H25NO2S/c1-12(19-11-5-10-17-3)15(16-2)13-6-8-14(18-4)9-7-13/h6-9,12,15-16H,5,10-11H2,1-4H3. The van der Waals surface area contributed by atoms with Gasteiger partial charge in [-0.05, 0) is 36.9 Å². The molecule has 0 bridgehead atoms. The molecule has 2 atom stereocenters. The Labute approximate surface area is 121 Å². The zero-order valence-corrected chi connectivity index (χ0v) is 13.1. The number of hydrogen-bond donors (Lipinski definition) is 1. The Morgan fingerprint density at radius 2 is 1.89 bits per heavy atom. The molecule has 4 heteroatoms. The van der Waals surface area contributed by atoms with E-state index in [1.165, 1.54) is 5.56 Å². The van der Waals surface area contributed by atoms with Crippen molar-refractivity contribution in [3.8, 4) is 5.75 Å². The third-order valence-corrected chi connectivity index (χ3v) is 4.45. The molecule has 2 unspecified atom stereocenters. The Bertz CT molecular complexity index is 343. The first kappa shape index (κ1) is 16.3. The largest absolute Gasteiger partial charge is 0.497 e. The second kappa shape index (κ2) is 9.23. The van der Waals surface area contributed by atoms with Gasteiger partial charge < -0.3 is 14.8 Å². The molecule has 3 nitrogen and oxygen atoms in total. The summed E-state index contributed by atoms with van der Waals surface area (Å²) in [7, 11) is 5.46. The van der Waals surface area contributed by atoms with Gasteiger partial charge >= 0.3 is 0 Å².